The van der Waals surface area contributed by atoms with Crippen molar-refractivity contribution in [1.82, 2.24) is 9.55 Å². The van der Waals surface area contributed by atoms with Gasteiger partial charge >= 0.3 is 0 Å². The van der Waals surface area contributed by atoms with E-state index in [1.165, 1.54) is 11.8 Å². The molecule has 1 N–H and O–H groups in total. The Morgan fingerprint density at radius 1 is 1.12 bits per heavy atom. The van der Waals surface area contributed by atoms with Crippen LogP contribution in [0.4, 0.5) is 5.69 Å². The fraction of sp³-hybridized carbons (Fsp3) is 0.111. The first kappa shape index (κ1) is 16.7. The number of carbonyl (C=O) groups excluding carboxylic acids is 1. The van der Waals surface area contributed by atoms with Crippen molar-refractivity contribution in [3.63, 3.8) is 0 Å². The van der Waals surface area contributed by atoms with E-state index in [-0.39, 0.29) is 5.91 Å². The number of carbonyl (C=O) groups is 1. The minimum Gasteiger partial charge on any atom is -0.329 e. The largest absolute Gasteiger partial charge is 0.329 e. The van der Waals surface area contributed by atoms with Gasteiger partial charge < -0.3 is 9.88 Å². The summed E-state index contributed by atoms with van der Waals surface area (Å²) in [5.41, 5.74) is 0.830. The molecule has 4 nitrogen and oxygen atoms in total. The quantitative estimate of drug-likeness (QED) is 0.670. The third-order valence-corrected chi connectivity index (χ3v) is 5.38. The lowest BCUT2D eigenvalue weighted by molar-refractivity contribution is -0.113. The molecule has 0 saturated heterocycles. The molecule has 0 unspecified atom stereocenters. The van der Waals surface area contributed by atoms with Gasteiger partial charge in [0.05, 0.1) is 11.4 Å². The van der Waals surface area contributed by atoms with Crippen LogP contribution in [0.25, 0.3) is 0 Å². The molecule has 0 atom stereocenters. The van der Waals surface area contributed by atoms with Gasteiger partial charge in [0.2, 0.25) is 5.91 Å². The number of thioether (sulfide) groups is 1. The molecule has 0 aliphatic carbocycles. The van der Waals surface area contributed by atoms with E-state index in [0.717, 1.165) is 20.6 Å². The maximum atomic E-state index is 12.2. The summed E-state index contributed by atoms with van der Waals surface area (Å²) < 4.78 is 1.90. The molecular formula is C18H17N3OS2. The molecule has 1 aromatic heterocycles. The molecule has 1 heterocycles. The Morgan fingerprint density at radius 3 is 2.62 bits per heavy atom. The SMILES string of the molecule is Cn1ccnc1SCC(=O)Nc1ccccc1Sc1ccccc1. The van der Waals surface area contributed by atoms with Gasteiger partial charge in [-0.1, -0.05) is 53.9 Å². The summed E-state index contributed by atoms with van der Waals surface area (Å²) in [5.74, 6) is 0.291. The molecule has 6 heteroatoms. The number of amides is 1. The number of benzene rings is 2. The van der Waals surface area contributed by atoms with Crippen LogP contribution in [0.1, 0.15) is 0 Å². The van der Waals surface area contributed by atoms with Crippen LogP contribution < -0.4 is 5.32 Å². The van der Waals surface area contributed by atoms with Crippen molar-refractivity contribution >= 4 is 35.1 Å². The third-order valence-electron chi connectivity index (χ3n) is 3.24. The Kier molecular flexibility index (Phi) is 5.61. The molecule has 2 aromatic carbocycles. The molecule has 3 aromatic rings. The highest BCUT2D eigenvalue weighted by molar-refractivity contribution is 8.00. The molecule has 24 heavy (non-hydrogen) atoms. The van der Waals surface area contributed by atoms with Crippen LogP contribution in [0.15, 0.2) is 81.9 Å². The van der Waals surface area contributed by atoms with Gasteiger partial charge in [0, 0.05) is 29.2 Å². The first-order chi connectivity index (χ1) is 11.7. The van der Waals surface area contributed by atoms with Gasteiger partial charge in [0.15, 0.2) is 5.16 Å². The molecular weight excluding hydrogens is 338 g/mol. The average molecular weight is 355 g/mol. The van der Waals surface area contributed by atoms with Crippen LogP contribution in [0, 0.1) is 0 Å². The average Bonchev–Trinajstić information content (AvgIpc) is 3.01. The molecule has 3 rings (SSSR count). The topological polar surface area (TPSA) is 46.9 Å². The van der Waals surface area contributed by atoms with E-state index >= 15 is 0 Å². The number of imidazole rings is 1. The second kappa shape index (κ2) is 8.08. The van der Waals surface area contributed by atoms with E-state index in [0.29, 0.717) is 5.75 Å². The number of nitrogens with zero attached hydrogens (tertiary/aromatic N) is 2. The fourth-order valence-electron chi connectivity index (χ4n) is 2.08. The Bertz CT molecular complexity index is 818. The maximum absolute atomic E-state index is 12.2. The maximum Gasteiger partial charge on any atom is 0.234 e. The predicted molar refractivity (Wildman–Crippen MR) is 99.6 cm³/mol. The number of hydrogen-bond acceptors (Lipinski definition) is 4. The van der Waals surface area contributed by atoms with Crippen molar-refractivity contribution in [2.75, 3.05) is 11.1 Å². The first-order valence-electron chi connectivity index (χ1n) is 7.44. The number of rotatable bonds is 6. The van der Waals surface area contributed by atoms with Crippen molar-refractivity contribution in [2.24, 2.45) is 7.05 Å². The van der Waals surface area contributed by atoms with Crippen LogP contribution in [0.2, 0.25) is 0 Å². The fourth-order valence-corrected chi connectivity index (χ4v) is 3.74. The van der Waals surface area contributed by atoms with Crippen molar-refractivity contribution in [2.45, 2.75) is 14.9 Å². The van der Waals surface area contributed by atoms with Gasteiger partial charge in [-0.3, -0.25) is 4.79 Å². The number of nitrogens with one attached hydrogen (secondary N) is 1. The normalized spacial score (nSPS) is 10.5. The van der Waals surface area contributed by atoms with Gasteiger partial charge in [-0.15, -0.1) is 0 Å². The molecule has 0 aliphatic heterocycles. The van der Waals surface area contributed by atoms with E-state index in [2.05, 4.69) is 22.4 Å². The number of hydrogen-bond donors (Lipinski definition) is 1. The number of anilines is 1. The zero-order chi connectivity index (χ0) is 16.8. The first-order valence-corrected chi connectivity index (χ1v) is 9.24. The van der Waals surface area contributed by atoms with Gasteiger partial charge in [-0.05, 0) is 24.3 Å². The minimum atomic E-state index is -0.0379. The van der Waals surface area contributed by atoms with Gasteiger partial charge in [-0.2, -0.15) is 0 Å². The molecule has 0 spiro atoms. The zero-order valence-corrected chi connectivity index (χ0v) is 14.8. The second-order valence-electron chi connectivity index (χ2n) is 5.07. The molecule has 0 saturated carbocycles. The van der Waals surface area contributed by atoms with Gasteiger partial charge in [0.25, 0.3) is 0 Å². The van der Waals surface area contributed by atoms with Crippen molar-refractivity contribution in [3.05, 3.63) is 67.0 Å². The summed E-state index contributed by atoms with van der Waals surface area (Å²) >= 11 is 3.06. The highest BCUT2D eigenvalue weighted by Crippen LogP contribution is 2.33. The van der Waals surface area contributed by atoms with Crippen molar-refractivity contribution in [1.29, 1.82) is 0 Å². The molecule has 0 aliphatic rings. The summed E-state index contributed by atoms with van der Waals surface area (Å²) in [4.78, 5) is 18.6. The third kappa shape index (κ3) is 4.43. The van der Waals surface area contributed by atoms with Gasteiger partial charge in [-0.25, -0.2) is 4.98 Å². The molecule has 0 radical (unpaired) electrons. The van der Waals surface area contributed by atoms with E-state index in [1.807, 2.05) is 60.3 Å². The second-order valence-corrected chi connectivity index (χ2v) is 7.13. The van der Waals surface area contributed by atoms with Crippen molar-refractivity contribution in [3.8, 4) is 0 Å². The van der Waals surface area contributed by atoms with E-state index in [9.17, 15) is 4.79 Å². The lowest BCUT2D eigenvalue weighted by atomic mass is 10.3. The van der Waals surface area contributed by atoms with E-state index < -0.39 is 0 Å². The standard InChI is InChI=1S/C18H17N3OS2/c1-21-12-11-19-18(21)23-13-17(22)20-15-9-5-6-10-16(15)24-14-7-3-2-4-8-14/h2-12H,13H2,1H3,(H,20,22). The number of aromatic nitrogens is 2. The molecule has 0 fully saturated rings. The Hall–Kier alpha value is -2.18. The highest BCUT2D eigenvalue weighted by atomic mass is 32.2. The van der Waals surface area contributed by atoms with Crippen LogP contribution in [-0.2, 0) is 11.8 Å². The Balaban J connectivity index is 1.64. The van der Waals surface area contributed by atoms with Crippen LogP contribution in [-0.4, -0.2) is 21.2 Å². The van der Waals surface area contributed by atoms with Crippen LogP contribution in [0.3, 0.4) is 0 Å². The monoisotopic (exact) mass is 355 g/mol. The smallest absolute Gasteiger partial charge is 0.234 e. The molecule has 122 valence electrons. The molecule has 1 amide bonds. The summed E-state index contributed by atoms with van der Waals surface area (Å²) in [5, 5.41) is 3.83. The zero-order valence-electron chi connectivity index (χ0n) is 13.2. The lowest BCUT2D eigenvalue weighted by Crippen LogP contribution is -2.15. The summed E-state index contributed by atoms with van der Waals surface area (Å²) in [6, 6.07) is 18.0. The van der Waals surface area contributed by atoms with Crippen molar-refractivity contribution < 1.29 is 4.79 Å². The summed E-state index contributed by atoms with van der Waals surface area (Å²) in [7, 11) is 1.92. The summed E-state index contributed by atoms with van der Waals surface area (Å²) in [6.07, 6.45) is 3.60. The van der Waals surface area contributed by atoms with Crippen LogP contribution >= 0.6 is 23.5 Å². The highest BCUT2D eigenvalue weighted by Gasteiger charge is 2.10. The van der Waals surface area contributed by atoms with E-state index in [1.54, 1.807) is 18.0 Å². The van der Waals surface area contributed by atoms with E-state index in [4.69, 9.17) is 0 Å². The molecule has 0 bridgehead atoms. The minimum absolute atomic E-state index is 0.0379. The number of aryl methyl sites for hydroxylation is 1. The van der Waals surface area contributed by atoms with Gasteiger partial charge in [0.1, 0.15) is 0 Å². The Labute approximate surface area is 149 Å². The predicted octanol–water partition coefficient (Wildman–Crippen LogP) is 4.30. The number of para-hydroxylation sites is 1. The van der Waals surface area contributed by atoms with Crippen LogP contribution in [0.5, 0.6) is 0 Å². The summed E-state index contributed by atoms with van der Waals surface area (Å²) in [6.45, 7) is 0. The Morgan fingerprint density at radius 2 is 1.88 bits per heavy atom. The lowest BCUT2D eigenvalue weighted by Gasteiger charge is -2.10.